The molecule has 0 fully saturated rings. The van der Waals surface area contributed by atoms with Crippen LogP contribution in [0.3, 0.4) is 0 Å². The van der Waals surface area contributed by atoms with Crippen molar-refractivity contribution in [3.8, 4) is 34.3 Å². The molecule has 10 nitrogen and oxygen atoms in total. The van der Waals surface area contributed by atoms with E-state index in [1.165, 1.54) is 32.2 Å². The third-order valence-corrected chi connectivity index (χ3v) is 6.56. The Balaban J connectivity index is 1.49. The zero-order valence-corrected chi connectivity index (χ0v) is 22.6. The van der Waals surface area contributed by atoms with Crippen LogP contribution in [0.5, 0.6) is 17.2 Å². The molecule has 2 aromatic heterocycles. The molecule has 0 bridgehead atoms. The summed E-state index contributed by atoms with van der Waals surface area (Å²) < 4.78 is 18.9. The third kappa shape index (κ3) is 6.09. The number of hydrazone groups is 1. The van der Waals surface area contributed by atoms with Crippen molar-refractivity contribution >= 4 is 39.8 Å². The van der Waals surface area contributed by atoms with Crippen molar-refractivity contribution in [1.29, 1.82) is 0 Å². The van der Waals surface area contributed by atoms with Gasteiger partial charge in [-0.2, -0.15) is 5.10 Å². The monoisotopic (exact) mass is 582 g/mol. The molecule has 0 saturated heterocycles. The predicted molar refractivity (Wildman–Crippen MR) is 145 cm³/mol. The highest BCUT2D eigenvalue weighted by atomic mass is 79.9. The van der Waals surface area contributed by atoms with Gasteiger partial charge < -0.3 is 14.2 Å². The number of carbonyl (C=O) groups is 1. The maximum Gasteiger partial charge on any atom is 0.250 e. The van der Waals surface area contributed by atoms with E-state index < -0.39 is 0 Å². The molecule has 2 aromatic carbocycles. The van der Waals surface area contributed by atoms with Gasteiger partial charge >= 0.3 is 0 Å². The van der Waals surface area contributed by atoms with Crippen LogP contribution in [0.4, 0.5) is 0 Å². The molecule has 0 spiro atoms. The van der Waals surface area contributed by atoms with Gasteiger partial charge in [-0.3, -0.25) is 14.3 Å². The summed E-state index contributed by atoms with van der Waals surface area (Å²) in [6.45, 7) is 0. The summed E-state index contributed by atoms with van der Waals surface area (Å²) in [7, 11) is 4.58. The lowest BCUT2D eigenvalue weighted by atomic mass is 10.2. The molecule has 12 heteroatoms. The van der Waals surface area contributed by atoms with Gasteiger partial charge in [0.2, 0.25) is 5.75 Å². The number of pyridine rings is 1. The number of nitrogens with one attached hydrogen (secondary N) is 1. The Hall–Kier alpha value is -3.90. The van der Waals surface area contributed by atoms with Crippen molar-refractivity contribution in [2.45, 2.75) is 5.16 Å². The number of methoxy groups -OCH3 is 3. The van der Waals surface area contributed by atoms with Crippen LogP contribution in [0.15, 0.2) is 75.7 Å². The van der Waals surface area contributed by atoms with Gasteiger partial charge in [0.15, 0.2) is 22.5 Å². The summed E-state index contributed by atoms with van der Waals surface area (Å²) >= 11 is 4.71. The predicted octanol–water partition coefficient (Wildman–Crippen LogP) is 4.36. The van der Waals surface area contributed by atoms with Gasteiger partial charge in [0.25, 0.3) is 5.91 Å². The summed E-state index contributed by atoms with van der Waals surface area (Å²) in [5, 5.41) is 13.3. The fourth-order valence-electron chi connectivity index (χ4n) is 3.43. The fourth-order valence-corrected chi connectivity index (χ4v) is 4.44. The van der Waals surface area contributed by atoms with E-state index >= 15 is 0 Å². The van der Waals surface area contributed by atoms with E-state index in [-0.39, 0.29) is 11.7 Å². The number of amides is 1. The zero-order chi connectivity index (χ0) is 26.2. The fraction of sp³-hybridized carbons (Fsp3) is 0.160. The van der Waals surface area contributed by atoms with Crippen LogP contribution in [0, 0.1) is 0 Å². The van der Waals surface area contributed by atoms with Gasteiger partial charge in [0, 0.05) is 33.7 Å². The van der Waals surface area contributed by atoms with Crippen LogP contribution in [-0.2, 0) is 4.79 Å². The summed E-state index contributed by atoms with van der Waals surface area (Å²) in [6.07, 6.45) is 4.90. The quantitative estimate of drug-likeness (QED) is 0.167. The molecular weight excluding hydrogens is 560 g/mol. The van der Waals surface area contributed by atoms with Gasteiger partial charge in [-0.15, -0.1) is 10.2 Å². The van der Waals surface area contributed by atoms with Crippen LogP contribution in [-0.4, -0.2) is 59.0 Å². The van der Waals surface area contributed by atoms with E-state index in [0.29, 0.717) is 33.8 Å². The molecule has 0 saturated carbocycles. The molecule has 1 amide bonds. The third-order valence-electron chi connectivity index (χ3n) is 5.10. The van der Waals surface area contributed by atoms with Crippen LogP contribution in [0.1, 0.15) is 5.56 Å². The van der Waals surface area contributed by atoms with E-state index in [1.807, 2.05) is 41.0 Å². The lowest BCUT2D eigenvalue weighted by Crippen LogP contribution is -2.20. The first-order valence-corrected chi connectivity index (χ1v) is 12.7. The Morgan fingerprint density at radius 2 is 1.84 bits per heavy atom. The Morgan fingerprint density at radius 1 is 1.05 bits per heavy atom. The van der Waals surface area contributed by atoms with E-state index in [0.717, 1.165) is 15.7 Å². The van der Waals surface area contributed by atoms with E-state index in [2.05, 4.69) is 41.6 Å². The Labute approximate surface area is 226 Å². The Bertz CT molecular complexity index is 1400. The minimum atomic E-state index is -0.311. The first-order valence-electron chi connectivity index (χ1n) is 10.9. The highest BCUT2D eigenvalue weighted by Gasteiger charge is 2.18. The Kier molecular flexibility index (Phi) is 8.75. The smallest absolute Gasteiger partial charge is 0.250 e. The SMILES string of the molecule is COc1ccc(C=NNC(=O)CSc2nnc(-c3cccnc3)n2-c2ccc(Br)cc2)c(OC)c1OC. The average Bonchev–Trinajstić information content (AvgIpc) is 3.36. The molecule has 0 radical (unpaired) electrons. The van der Waals surface area contributed by atoms with Crippen LogP contribution < -0.4 is 19.6 Å². The second kappa shape index (κ2) is 12.4. The summed E-state index contributed by atoms with van der Waals surface area (Å²) in [5.41, 5.74) is 4.81. The van der Waals surface area contributed by atoms with Crippen molar-refractivity contribution in [1.82, 2.24) is 25.2 Å². The normalized spacial score (nSPS) is 10.9. The second-order valence-corrected chi connectivity index (χ2v) is 9.22. The van der Waals surface area contributed by atoms with Gasteiger partial charge in [-0.1, -0.05) is 27.7 Å². The zero-order valence-electron chi connectivity index (χ0n) is 20.2. The largest absolute Gasteiger partial charge is 0.493 e. The van der Waals surface area contributed by atoms with Crippen LogP contribution in [0.25, 0.3) is 17.1 Å². The molecule has 4 aromatic rings. The molecular formula is C25H23BrN6O4S. The van der Waals surface area contributed by atoms with E-state index in [9.17, 15) is 4.79 Å². The molecule has 0 aliphatic heterocycles. The van der Waals surface area contributed by atoms with Crippen molar-refractivity contribution in [2.75, 3.05) is 27.1 Å². The average molecular weight is 583 g/mol. The van der Waals surface area contributed by atoms with Gasteiger partial charge in [0.05, 0.1) is 33.3 Å². The molecule has 2 heterocycles. The van der Waals surface area contributed by atoms with Crippen molar-refractivity contribution in [3.05, 3.63) is 71.0 Å². The first-order chi connectivity index (χ1) is 18.0. The molecule has 0 atom stereocenters. The number of ether oxygens (including phenoxy) is 3. The number of rotatable bonds is 10. The van der Waals surface area contributed by atoms with Crippen molar-refractivity contribution < 1.29 is 19.0 Å². The molecule has 1 N–H and O–H groups in total. The highest BCUT2D eigenvalue weighted by Crippen LogP contribution is 2.39. The number of nitrogens with zero attached hydrogens (tertiary/aromatic N) is 5. The van der Waals surface area contributed by atoms with Gasteiger partial charge in [0.1, 0.15) is 0 Å². The van der Waals surface area contributed by atoms with Crippen LogP contribution >= 0.6 is 27.7 Å². The molecule has 4 rings (SSSR count). The number of hydrogen-bond donors (Lipinski definition) is 1. The van der Waals surface area contributed by atoms with E-state index in [4.69, 9.17) is 14.2 Å². The molecule has 0 unspecified atom stereocenters. The van der Waals surface area contributed by atoms with Gasteiger partial charge in [-0.05, 0) is 48.5 Å². The number of carbonyl (C=O) groups excluding carboxylic acids is 1. The number of benzene rings is 2. The lowest BCUT2D eigenvalue weighted by molar-refractivity contribution is -0.118. The molecule has 0 aliphatic carbocycles. The number of aromatic nitrogens is 4. The second-order valence-electron chi connectivity index (χ2n) is 7.37. The van der Waals surface area contributed by atoms with E-state index in [1.54, 1.807) is 31.6 Å². The van der Waals surface area contributed by atoms with Crippen molar-refractivity contribution in [2.24, 2.45) is 5.10 Å². The molecule has 0 aliphatic rings. The Morgan fingerprint density at radius 3 is 2.51 bits per heavy atom. The maximum atomic E-state index is 12.6. The van der Waals surface area contributed by atoms with Gasteiger partial charge in [-0.25, -0.2) is 5.43 Å². The lowest BCUT2D eigenvalue weighted by Gasteiger charge is -2.13. The summed E-state index contributed by atoms with van der Waals surface area (Å²) in [4.78, 5) is 16.7. The molecule has 190 valence electrons. The van der Waals surface area contributed by atoms with Crippen LogP contribution in [0.2, 0.25) is 0 Å². The number of thioether (sulfide) groups is 1. The number of hydrogen-bond acceptors (Lipinski definition) is 9. The first kappa shape index (κ1) is 26.2. The summed E-state index contributed by atoms with van der Waals surface area (Å²) in [5.74, 6) is 1.79. The standard InChI is InChI=1S/C25H23BrN6O4S/c1-34-20-11-6-16(22(35-2)23(20)36-3)14-28-29-21(33)15-37-25-31-30-24(17-5-4-12-27-13-17)32(25)19-9-7-18(26)8-10-19/h4-14H,15H2,1-3H3,(H,29,33). The summed E-state index contributed by atoms with van der Waals surface area (Å²) in [6, 6.07) is 15.0. The minimum absolute atomic E-state index is 0.0715. The van der Waals surface area contributed by atoms with Crippen molar-refractivity contribution in [3.63, 3.8) is 0 Å². The maximum absolute atomic E-state index is 12.6. The highest BCUT2D eigenvalue weighted by molar-refractivity contribution is 9.10. The number of halogens is 1. The minimum Gasteiger partial charge on any atom is -0.493 e. The molecule has 37 heavy (non-hydrogen) atoms. The topological polar surface area (TPSA) is 113 Å².